The summed E-state index contributed by atoms with van der Waals surface area (Å²) in [6, 6.07) is 42.4. The Bertz CT molecular complexity index is 2230. The molecule has 204 valence electrons. The first-order chi connectivity index (χ1) is 21.2. The number of rotatable bonds is 3. The van der Waals surface area contributed by atoms with E-state index in [4.69, 9.17) is 9.97 Å². The molecule has 3 aromatic heterocycles. The lowest BCUT2D eigenvalue weighted by atomic mass is 9.98. The van der Waals surface area contributed by atoms with Crippen molar-refractivity contribution in [1.82, 2.24) is 19.5 Å². The molecular weight excluding hydrogens is 639 g/mol. The Labute approximate surface area is 262 Å². The second-order valence-corrected chi connectivity index (χ2v) is 11.6. The molecule has 6 aromatic rings. The fourth-order valence-electron chi connectivity index (χ4n) is 5.86. The molecule has 0 atom stereocenters. The Morgan fingerprint density at radius 2 is 1.07 bits per heavy atom. The van der Waals surface area contributed by atoms with E-state index in [9.17, 15) is 0 Å². The summed E-state index contributed by atoms with van der Waals surface area (Å²) >= 11 is 2.52. The van der Waals surface area contributed by atoms with Crippen LogP contribution in [0.2, 0.25) is 0 Å². The predicted molar refractivity (Wildman–Crippen MR) is 187 cm³/mol. The van der Waals surface area contributed by atoms with E-state index in [1.807, 2.05) is 0 Å². The van der Waals surface area contributed by atoms with Gasteiger partial charge in [0.1, 0.15) is 0 Å². The number of nitrogens with zero attached hydrogens (tertiary/aromatic N) is 3. The van der Waals surface area contributed by atoms with Gasteiger partial charge in [0.25, 0.3) is 0 Å². The summed E-state index contributed by atoms with van der Waals surface area (Å²) in [5.41, 5.74) is 13.4. The van der Waals surface area contributed by atoms with Gasteiger partial charge in [0.15, 0.2) is 0 Å². The summed E-state index contributed by atoms with van der Waals surface area (Å²) in [7, 11) is 0. The molecule has 0 fully saturated rings. The van der Waals surface area contributed by atoms with Gasteiger partial charge in [0.2, 0.25) is 0 Å². The zero-order chi connectivity index (χ0) is 28.8. The Kier molecular flexibility index (Phi) is 6.38. The predicted octanol–water partition coefficient (Wildman–Crippen LogP) is 10.1. The van der Waals surface area contributed by atoms with Crippen molar-refractivity contribution in [1.29, 1.82) is 0 Å². The van der Waals surface area contributed by atoms with Crippen molar-refractivity contribution in [3.8, 4) is 27.9 Å². The van der Waals surface area contributed by atoms with Crippen LogP contribution in [0.3, 0.4) is 0 Å². The lowest BCUT2D eigenvalue weighted by Crippen LogP contribution is -1.97. The fourth-order valence-corrected chi connectivity index (χ4v) is 6.82. The van der Waals surface area contributed by atoms with Gasteiger partial charge in [-0.15, -0.1) is 0 Å². The zero-order valence-electron chi connectivity index (χ0n) is 23.1. The number of H-pyrrole nitrogens is 1. The molecule has 8 bridgehead atoms. The van der Waals surface area contributed by atoms with E-state index in [0.717, 1.165) is 70.8 Å². The number of halogens is 1. The normalized spacial score (nSPS) is 12.1. The zero-order valence-corrected chi connectivity index (χ0v) is 25.2. The molecule has 5 heteroatoms. The summed E-state index contributed by atoms with van der Waals surface area (Å²) in [4.78, 5) is 13.7. The van der Waals surface area contributed by atoms with Crippen molar-refractivity contribution in [2.45, 2.75) is 0 Å². The molecule has 4 nitrogen and oxygen atoms in total. The number of aromatic nitrogens is 4. The second-order valence-electron chi connectivity index (χ2n) is 10.6. The molecule has 5 heterocycles. The molecule has 0 amide bonds. The summed E-state index contributed by atoms with van der Waals surface area (Å²) in [6.45, 7) is 0. The highest BCUT2D eigenvalue weighted by Gasteiger charge is 2.23. The maximum atomic E-state index is 5.21. The van der Waals surface area contributed by atoms with Gasteiger partial charge in [0, 0.05) is 31.4 Å². The summed E-state index contributed by atoms with van der Waals surface area (Å²) in [6.07, 6.45) is 8.40. The molecule has 0 radical (unpaired) electrons. The van der Waals surface area contributed by atoms with E-state index < -0.39 is 0 Å². The van der Waals surface area contributed by atoms with Crippen LogP contribution in [0.1, 0.15) is 22.8 Å². The highest BCUT2D eigenvalue weighted by atomic mass is 127. The van der Waals surface area contributed by atoms with Gasteiger partial charge in [-0.1, -0.05) is 78.9 Å². The topological polar surface area (TPSA) is 46.5 Å². The third-order valence-corrected chi connectivity index (χ3v) is 8.84. The van der Waals surface area contributed by atoms with Crippen molar-refractivity contribution in [3.05, 3.63) is 148 Å². The first-order valence-corrected chi connectivity index (χ1v) is 15.3. The Hall–Kier alpha value is -5.01. The van der Waals surface area contributed by atoms with Crippen LogP contribution in [-0.4, -0.2) is 19.5 Å². The van der Waals surface area contributed by atoms with Crippen molar-refractivity contribution in [2.24, 2.45) is 0 Å². The van der Waals surface area contributed by atoms with Gasteiger partial charge < -0.3 is 9.55 Å². The molecule has 2 aliphatic heterocycles. The summed E-state index contributed by atoms with van der Waals surface area (Å²) in [5.74, 6) is 0. The van der Waals surface area contributed by atoms with Crippen LogP contribution >= 0.6 is 22.6 Å². The minimum atomic E-state index is 0.901. The molecule has 0 saturated carbocycles. The van der Waals surface area contributed by atoms with Gasteiger partial charge in [-0.25, -0.2) is 9.97 Å². The fraction of sp³-hybridized carbons (Fsp3) is 0. The average molecular weight is 665 g/mol. The van der Waals surface area contributed by atoms with Crippen LogP contribution < -0.4 is 0 Å². The van der Waals surface area contributed by atoms with Crippen molar-refractivity contribution < 1.29 is 0 Å². The quantitative estimate of drug-likeness (QED) is 0.191. The number of para-hydroxylation sites is 1. The summed E-state index contributed by atoms with van der Waals surface area (Å²) < 4.78 is 3.53. The second kappa shape index (κ2) is 10.7. The molecule has 1 N–H and O–H groups in total. The van der Waals surface area contributed by atoms with Crippen molar-refractivity contribution in [3.63, 3.8) is 0 Å². The molecular formula is C38H25IN4. The van der Waals surface area contributed by atoms with E-state index in [1.165, 1.54) is 5.56 Å². The van der Waals surface area contributed by atoms with Gasteiger partial charge in [-0.3, -0.25) is 0 Å². The molecule has 43 heavy (non-hydrogen) atoms. The number of hydrogen-bond acceptors (Lipinski definition) is 2. The minimum absolute atomic E-state index is 0.901. The Balaban J connectivity index is 1.66. The maximum Gasteiger partial charge on any atom is 0.0737 e. The number of fused-ring (bicyclic) bond motifs is 8. The number of hydrogen-bond donors (Lipinski definition) is 1. The van der Waals surface area contributed by atoms with Crippen LogP contribution in [-0.2, 0) is 0 Å². The Morgan fingerprint density at radius 3 is 1.72 bits per heavy atom. The molecule has 3 aromatic carbocycles. The largest absolute Gasteiger partial charge is 0.355 e. The average Bonchev–Trinajstić information content (AvgIpc) is 3.84. The standard InChI is InChI=1S/C38H25IN4/c39-37-34-24-31-19-18-28(41-31)22-27-16-17-29(40-27)23-30-20-21-33(42-30)35(25-10-4-1-5-11-25)38(36(37)26-12-6-2-7-13-26)43(34)32-14-8-3-9-15-32/h1-24,40H. The van der Waals surface area contributed by atoms with Crippen LogP contribution in [0.15, 0.2) is 121 Å². The number of aromatic amines is 1. The third-order valence-electron chi connectivity index (χ3n) is 7.75. The number of nitrogens with one attached hydrogen (secondary N) is 1. The van der Waals surface area contributed by atoms with Gasteiger partial charge >= 0.3 is 0 Å². The molecule has 0 aliphatic carbocycles. The van der Waals surface area contributed by atoms with E-state index in [2.05, 4.69) is 178 Å². The van der Waals surface area contributed by atoms with Crippen molar-refractivity contribution in [2.75, 3.05) is 0 Å². The first kappa shape index (κ1) is 25.7. The van der Waals surface area contributed by atoms with E-state index >= 15 is 0 Å². The molecule has 0 saturated heterocycles. The van der Waals surface area contributed by atoms with Gasteiger partial charge in [-0.2, -0.15) is 0 Å². The van der Waals surface area contributed by atoms with Gasteiger partial charge in [0.05, 0.1) is 33.8 Å². The minimum Gasteiger partial charge on any atom is -0.355 e. The maximum absolute atomic E-state index is 5.21. The SMILES string of the molecule is Ic1c(-c2ccccc2)c2c(-c3ccccc3)c3nc(cc4ccc(cc5nc(cc1n2-c1ccccc1)C=C5)[nH]4)C=C3. The van der Waals surface area contributed by atoms with Crippen LogP contribution in [0.25, 0.3) is 74.3 Å². The van der Waals surface area contributed by atoms with Crippen LogP contribution in [0.4, 0.5) is 0 Å². The van der Waals surface area contributed by atoms with Gasteiger partial charge in [-0.05, 0) is 100 Å². The highest BCUT2D eigenvalue weighted by molar-refractivity contribution is 14.1. The summed E-state index contributed by atoms with van der Waals surface area (Å²) in [5, 5.41) is 0. The third kappa shape index (κ3) is 4.72. The monoisotopic (exact) mass is 664 g/mol. The van der Waals surface area contributed by atoms with Crippen molar-refractivity contribution >= 4 is 69.0 Å². The molecule has 2 aliphatic rings. The lowest BCUT2D eigenvalue weighted by molar-refractivity contribution is 1.17. The van der Waals surface area contributed by atoms with E-state index in [-0.39, 0.29) is 0 Å². The molecule has 8 rings (SSSR count). The Morgan fingerprint density at radius 1 is 0.535 bits per heavy atom. The van der Waals surface area contributed by atoms with Crippen LogP contribution in [0.5, 0.6) is 0 Å². The molecule has 0 spiro atoms. The van der Waals surface area contributed by atoms with E-state index in [1.54, 1.807) is 0 Å². The van der Waals surface area contributed by atoms with E-state index in [0.29, 0.717) is 0 Å². The number of benzene rings is 3. The lowest BCUT2D eigenvalue weighted by Gasteiger charge is -2.13. The molecule has 0 unspecified atom stereocenters. The first-order valence-electron chi connectivity index (χ1n) is 14.2. The smallest absolute Gasteiger partial charge is 0.0737 e. The van der Waals surface area contributed by atoms with Crippen LogP contribution in [0, 0.1) is 3.57 Å². The highest BCUT2D eigenvalue weighted by Crippen LogP contribution is 2.43.